The number of nitrogens with zero attached hydrogens (tertiary/aromatic N) is 1. The number of esters is 1. The maximum atomic E-state index is 13.8. The van der Waals surface area contributed by atoms with Gasteiger partial charge in [0.15, 0.2) is 6.10 Å². The molecule has 2 amide bonds. The first kappa shape index (κ1) is 26.2. The number of ether oxygens (including phenoxy) is 2. The van der Waals surface area contributed by atoms with Crippen molar-refractivity contribution in [1.29, 1.82) is 0 Å². The second-order valence-electron chi connectivity index (χ2n) is 9.36. The number of nitrogens with one attached hydrogen (secondary N) is 1. The average molecular weight is 602 g/mol. The number of amides is 2. The number of likely N-dealkylation sites (tertiary alicyclic amines) is 1. The predicted octanol–water partition coefficient (Wildman–Crippen LogP) is 4.43. The molecule has 0 bridgehead atoms. The van der Waals surface area contributed by atoms with Crippen LogP contribution in [-0.2, 0) is 32.7 Å². The van der Waals surface area contributed by atoms with Crippen LogP contribution in [0.25, 0.3) is 0 Å². The molecule has 2 heterocycles. The molecule has 1 N–H and O–H groups in total. The van der Waals surface area contributed by atoms with Crippen molar-refractivity contribution in [2.45, 2.75) is 24.5 Å². The molecule has 0 aliphatic carbocycles. The molecule has 3 aromatic carbocycles. The molecule has 0 saturated carbocycles. The molecule has 1 fully saturated rings. The third kappa shape index (κ3) is 5.13. The third-order valence-electron chi connectivity index (χ3n) is 6.82. The highest BCUT2D eigenvalue weighted by Gasteiger charge is 2.50. The number of rotatable bonds is 6. The van der Waals surface area contributed by atoms with Crippen LogP contribution in [0.5, 0.6) is 5.75 Å². The molecule has 0 spiro atoms. The maximum absolute atomic E-state index is 13.8. The summed E-state index contributed by atoms with van der Waals surface area (Å²) in [6, 6.07) is 16.4. The Morgan fingerprint density at radius 3 is 2.61 bits per heavy atom. The Labute approximate surface area is 232 Å². The van der Waals surface area contributed by atoms with E-state index in [9.17, 15) is 18.8 Å². The first-order valence-electron chi connectivity index (χ1n) is 11.8. The van der Waals surface area contributed by atoms with Crippen LogP contribution in [0.3, 0.4) is 0 Å². The molecular formula is C28H23BrClFN2O5. The van der Waals surface area contributed by atoms with Crippen LogP contribution in [0, 0.1) is 5.82 Å². The number of fused-ring (bicyclic) bond motifs is 1. The number of carbonyl (C=O) groups excluding carboxylic acids is 3. The van der Waals surface area contributed by atoms with Crippen molar-refractivity contribution in [2.24, 2.45) is 0 Å². The topological polar surface area (TPSA) is 84.9 Å². The highest BCUT2D eigenvalue weighted by Crippen LogP contribution is 2.35. The number of hydrogen-bond donors (Lipinski definition) is 1. The molecular weight excluding hydrogens is 579 g/mol. The van der Waals surface area contributed by atoms with Gasteiger partial charge >= 0.3 is 5.97 Å². The molecule has 0 radical (unpaired) electrons. The minimum atomic E-state index is -0.966. The fourth-order valence-corrected chi connectivity index (χ4v) is 5.36. The quantitative estimate of drug-likeness (QED) is 0.423. The molecule has 2 aliphatic rings. The Morgan fingerprint density at radius 1 is 1.16 bits per heavy atom. The molecule has 5 rings (SSSR count). The Bertz CT molecular complexity index is 1430. The standard InChI is InChI=1S/C28H23BrClFN2O5/c1-37-23-9-8-21(31)10-17(23)12-25(34)32-28(18-3-5-19(29)6-4-18)14-33(15-28)26(35)24-11-16-2-7-20(30)13-22(16)27(36)38-24/h2-10,13,24H,11-12,14-15H2,1H3,(H,32,34). The smallest absolute Gasteiger partial charge is 0.339 e. The zero-order valence-electron chi connectivity index (χ0n) is 20.3. The third-order valence-corrected chi connectivity index (χ3v) is 7.59. The predicted molar refractivity (Wildman–Crippen MR) is 142 cm³/mol. The van der Waals surface area contributed by atoms with Crippen LogP contribution in [0.1, 0.15) is 27.0 Å². The molecule has 7 nitrogen and oxygen atoms in total. The summed E-state index contributed by atoms with van der Waals surface area (Å²) >= 11 is 9.42. The largest absolute Gasteiger partial charge is 0.496 e. The number of carbonyl (C=O) groups is 3. The lowest BCUT2D eigenvalue weighted by atomic mass is 9.81. The van der Waals surface area contributed by atoms with E-state index in [1.165, 1.54) is 31.4 Å². The summed E-state index contributed by atoms with van der Waals surface area (Å²) < 4.78 is 25.4. The summed E-state index contributed by atoms with van der Waals surface area (Å²) in [4.78, 5) is 40.5. The molecule has 1 atom stereocenters. The van der Waals surface area contributed by atoms with Crippen LogP contribution < -0.4 is 10.1 Å². The maximum Gasteiger partial charge on any atom is 0.339 e. The molecule has 10 heteroatoms. The summed E-state index contributed by atoms with van der Waals surface area (Å²) in [6.07, 6.45) is -0.830. The van der Waals surface area contributed by atoms with Gasteiger partial charge in [-0.05, 0) is 53.6 Å². The first-order chi connectivity index (χ1) is 18.2. The van der Waals surface area contributed by atoms with E-state index in [1.807, 2.05) is 24.3 Å². The van der Waals surface area contributed by atoms with E-state index >= 15 is 0 Å². The number of benzene rings is 3. The van der Waals surface area contributed by atoms with Crippen LogP contribution >= 0.6 is 27.5 Å². The molecule has 2 aliphatic heterocycles. The number of hydrogen-bond acceptors (Lipinski definition) is 5. The van der Waals surface area contributed by atoms with Gasteiger partial charge in [-0.25, -0.2) is 9.18 Å². The van der Waals surface area contributed by atoms with Crippen molar-refractivity contribution in [2.75, 3.05) is 20.2 Å². The van der Waals surface area contributed by atoms with Crippen LogP contribution in [0.15, 0.2) is 65.1 Å². The van der Waals surface area contributed by atoms with E-state index in [4.69, 9.17) is 21.1 Å². The van der Waals surface area contributed by atoms with Crippen molar-refractivity contribution in [3.05, 3.63) is 98.2 Å². The van der Waals surface area contributed by atoms with Gasteiger partial charge in [0, 0.05) is 34.6 Å². The molecule has 1 saturated heterocycles. The van der Waals surface area contributed by atoms with Gasteiger partial charge in [0.25, 0.3) is 5.91 Å². The Morgan fingerprint density at radius 2 is 1.89 bits per heavy atom. The van der Waals surface area contributed by atoms with Crippen LogP contribution in [0.2, 0.25) is 5.02 Å². The summed E-state index contributed by atoms with van der Waals surface area (Å²) in [5.74, 6) is -1.34. The molecule has 0 aromatic heterocycles. The minimum absolute atomic E-state index is 0.104. The van der Waals surface area contributed by atoms with Gasteiger partial charge in [0.1, 0.15) is 17.1 Å². The lowest BCUT2D eigenvalue weighted by Gasteiger charge is -2.51. The van der Waals surface area contributed by atoms with E-state index in [0.717, 1.165) is 10.0 Å². The Kier molecular flexibility index (Phi) is 7.15. The number of cyclic esters (lactones) is 1. The van der Waals surface area contributed by atoms with E-state index in [0.29, 0.717) is 27.5 Å². The van der Waals surface area contributed by atoms with Gasteiger partial charge in [-0.3, -0.25) is 9.59 Å². The monoisotopic (exact) mass is 600 g/mol. The zero-order chi connectivity index (χ0) is 27.0. The van der Waals surface area contributed by atoms with Gasteiger partial charge in [-0.1, -0.05) is 45.7 Å². The van der Waals surface area contributed by atoms with Gasteiger partial charge in [0.2, 0.25) is 5.91 Å². The van der Waals surface area contributed by atoms with Crippen molar-refractivity contribution < 1.29 is 28.2 Å². The number of halogens is 3. The van der Waals surface area contributed by atoms with Gasteiger partial charge in [-0.2, -0.15) is 0 Å². The summed E-state index contributed by atoms with van der Waals surface area (Å²) in [5.41, 5.74) is 1.41. The average Bonchev–Trinajstić information content (AvgIpc) is 2.86. The van der Waals surface area contributed by atoms with E-state index < -0.39 is 23.4 Å². The molecule has 196 valence electrons. The normalized spacial score (nSPS) is 17.6. The van der Waals surface area contributed by atoms with Gasteiger partial charge in [-0.15, -0.1) is 0 Å². The molecule has 38 heavy (non-hydrogen) atoms. The van der Waals surface area contributed by atoms with Crippen LogP contribution in [-0.4, -0.2) is 49.0 Å². The van der Waals surface area contributed by atoms with E-state index in [2.05, 4.69) is 21.2 Å². The first-order valence-corrected chi connectivity index (χ1v) is 13.0. The zero-order valence-corrected chi connectivity index (χ0v) is 22.6. The van der Waals surface area contributed by atoms with Crippen molar-refractivity contribution in [3.8, 4) is 5.75 Å². The Hall–Kier alpha value is -3.43. The fourth-order valence-electron chi connectivity index (χ4n) is 4.93. The summed E-state index contributed by atoms with van der Waals surface area (Å²) in [6.45, 7) is 0.363. The van der Waals surface area contributed by atoms with Crippen molar-refractivity contribution in [3.63, 3.8) is 0 Å². The van der Waals surface area contributed by atoms with E-state index in [-0.39, 0.29) is 37.7 Å². The summed E-state index contributed by atoms with van der Waals surface area (Å²) in [7, 11) is 1.46. The number of methoxy groups -OCH3 is 1. The molecule has 3 aromatic rings. The van der Waals surface area contributed by atoms with Crippen LogP contribution in [0.4, 0.5) is 4.39 Å². The summed E-state index contributed by atoms with van der Waals surface area (Å²) in [5, 5.41) is 3.47. The second-order valence-corrected chi connectivity index (χ2v) is 10.7. The fraction of sp³-hybridized carbons (Fsp3) is 0.250. The second kappa shape index (κ2) is 10.4. The minimum Gasteiger partial charge on any atom is -0.496 e. The highest BCUT2D eigenvalue weighted by atomic mass is 79.9. The SMILES string of the molecule is COc1ccc(F)cc1CC(=O)NC1(c2ccc(Br)cc2)CN(C(=O)C2Cc3ccc(Cl)cc3C(=O)O2)C1. The van der Waals surface area contributed by atoms with Gasteiger partial charge in [0.05, 0.1) is 19.1 Å². The van der Waals surface area contributed by atoms with E-state index in [1.54, 1.807) is 17.0 Å². The highest BCUT2D eigenvalue weighted by molar-refractivity contribution is 9.10. The Balaban J connectivity index is 1.34. The van der Waals surface area contributed by atoms with Gasteiger partial charge < -0.3 is 19.7 Å². The van der Waals surface area contributed by atoms with Crippen molar-refractivity contribution >= 4 is 45.3 Å². The lowest BCUT2D eigenvalue weighted by molar-refractivity contribution is -0.152. The van der Waals surface area contributed by atoms with Crippen molar-refractivity contribution in [1.82, 2.24) is 10.2 Å². The molecule has 1 unspecified atom stereocenters. The lowest BCUT2D eigenvalue weighted by Crippen LogP contribution is -2.70.